The number of nitrogens with two attached hydrogens (primary N) is 2. The van der Waals surface area contributed by atoms with E-state index in [0.717, 1.165) is 38.6 Å². The summed E-state index contributed by atoms with van der Waals surface area (Å²) in [4.78, 5) is 18.1. The molecule has 0 aromatic carbocycles. The van der Waals surface area contributed by atoms with Gasteiger partial charge in [-0.25, -0.2) is 12.8 Å². The lowest BCUT2D eigenvalue weighted by molar-refractivity contribution is -0.132. The van der Waals surface area contributed by atoms with Crippen molar-refractivity contribution in [3.63, 3.8) is 0 Å². The van der Waals surface area contributed by atoms with Gasteiger partial charge in [-0.2, -0.15) is 0 Å². The fraction of sp³-hybridized carbons (Fsp3) is 0.958. The smallest absolute Gasteiger partial charge is 0.229 e. The van der Waals surface area contributed by atoms with E-state index < -0.39 is 39.0 Å². The molecule has 0 radical (unpaired) electrons. The van der Waals surface area contributed by atoms with E-state index in [2.05, 4.69) is 25.8 Å². The van der Waals surface area contributed by atoms with Crippen LogP contribution in [0.15, 0.2) is 0 Å². The van der Waals surface area contributed by atoms with E-state index in [1.807, 2.05) is 6.92 Å². The maximum atomic E-state index is 14.4. The van der Waals surface area contributed by atoms with E-state index in [1.165, 1.54) is 6.26 Å². The molecule has 10 nitrogen and oxygen atoms in total. The third-order valence-corrected chi connectivity index (χ3v) is 11.4. The van der Waals surface area contributed by atoms with Gasteiger partial charge >= 0.3 is 0 Å². The Bertz CT molecular complexity index is 862. The zero-order valence-corrected chi connectivity index (χ0v) is 22.6. The molecule has 1 amide bonds. The Morgan fingerprint density at radius 2 is 1.81 bits per heavy atom. The Kier molecular flexibility index (Phi) is 8.96. The second-order valence-corrected chi connectivity index (χ2v) is 14.2. The topological polar surface area (TPSA) is 146 Å². The van der Waals surface area contributed by atoms with Gasteiger partial charge in [-0.15, -0.1) is 0 Å². The number of hydrogen-bond acceptors (Lipinski definition) is 9. The van der Waals surface area contributed by atoms with Gasteiger partial charge in [0.2, 0.25) is 5.91 Å². The van der Waals surface area contributed by atoms with E-state index in [0.29, 0.717) is 39.0 Å². The number of halogens is 1. The summed E-state index contributed by atoms with van der Waals surface area (Å²) < 4.78 is 38.2. The Balaban J connectivity index is 1.45. The Labute approximate surface area is 215 Å². The van der Waals surface area contributed by atoms with Crippen LogP contribution in [-0.2, 0) is 14.6 Å². The van der Waals surface area contributed by atoms with E-state index in [1.54, 1.807) is 0 Å². The second kappa shape index (κ2) is 11.5. The predicted octanol–water partition coefficient (Wildman–Crippen LogP) is -0.896. The lowest BCUT2D eigenvalue weighted by atomic mass is 9.91. The summed E-state index contributed by atoms with van der Waals surface area (Å²) in [6.45, 7) is 5.14. The number of nitrogens with zero attached hydrogens (tertiary/aromatic N) is 2. The van der Waals surface area contributed by atoms with Crippen LogP contribution >= 0.6 is 0 Å². The van der Waals surface area contributed by atoms with E-state index in [-0.39, 0.29) is 30.6 Å². The molecule has 208 valence electrons. The summed E-state index contributed by atoms with van der Waals surface area (Å²) >= 11 is 0. The minimum absolute atomic E-state index is 0.106. The van der Waals surface area contributed by atoms with Crippen molar-refractivity contribution in [1.82, 2.24) is 25.8 Å². The summed E-state index contributed by atoms with van der Waals surface area (Å²) in [7, 11) is -3.14. The molecule has 0 spiro atoms. The van der Waals surface area contributed by atoms with E-state index in [9.17, 15) is 17.6 Å². The standard InChI is InChI=1S/C24H46FN7O3S/c1-24(36(2,34)35)8-11-31(12-9-24)19-7-10-28-14-18(19)30-23(33)20(21(26)27)22-29-13-16(25)15-32(22)17-5-3-4-6-17/h16-22,28-29H,3-15,26-27H2,1-2H3,(H,30,33). The highest BCUT2D eigenvalue weighted by Gasteiger charge is 2.45. The normalized spacial score (nSPS) is 34.1. The molecule has 7 N–H and O–H groups in total. The lowest BCUT2D eigenvalue weighted by Crippen LogP contribution is -2.69. The predicted molar refractivity (Wildman–Crippen MR) is 139 cm³/mol. The number of rotatable bonds is 7. The van der Waals surface area contributed by atoms with Crippen LogP contribution in [0.2, 0.25) is 0 Å². The minimum atomic E-state index is -3.14. The molecule has 1 aliphatic carbocycles. The van der Waals surface area contributed by atoms with E-state index >= 15 is 0 Å². The number of likely N-dealkylation sites (tertiary alicyclic amines) is 1. The summed E-state index contributed by atoms with van der Waals surface area (Å²) in [5, 5.41) is 9.86. The average Bonchev–Trinajstić information content (AvgIpc) is 3.35. The van der Waals surface area contributed by atoms with Crippen molar-refractivity contribution >= 4 is 15.7 Å². The lowest BCUT2D eigenvalue weighted by Gasteiger charge is -2.47. The molecule has 0 aromatic heterocycles. The molecule has 5 atom stereocenters. The number of carbonyl (C=O) groups excluding carboxylic acids is 1. The molecule has 3 heterocycles. The van der Waals surface area contributed by atoms with Gasteiger partial charge in [0.1, 0.15) is 6.17 Å². The first-order valence-electron chi connectivity index (χ1n) is 13.6. The number of piperidine rings is 2. The van der Waals surface area contributed by atoms with Gasteiger partial charge in [0.25, 0.3) is 0 Å². The molecule has 12 heteroatoms. The number of carbonyl (C=O) groups is 1. The highest BCUT2D eigenvalue weighted by Crippen LogP contribution is 2.32. The molecule has 1 saturated carbocycles. The van der Waals surface area contributed by atoms with Gasteiger partial charge in [-0.1, -0.05) is 12.8 Å². The van der Waals surface area contributed by atoms with Crippen molar-refractivity contribution in [2.75, 3.05) is 45.5 Å². The van der Waals surface area contributed by atoms with Crippen LogP contribution in [0.4, 0.5) is 4.39 Å². The fourth-order valence-electron chi connectivity index (χ4n) is 6.65. The molecule has 3 saturated heterocycles. The highest BCUT2D eigenvalue weighted by molar-refractivity contribution is 7.92. The van der Waals surface area contributed by atoms with Crippen LogP contribution in [-0.4, -0.2) is 111 Å². The van der Waals surface area contributed by atoms with Crippen molar-refractivity contribution in [2.24, 2.45) is 17.4 Å². The maximum Gasteiger partial charge on any atom is 0.229 e. The van der Waals surface area contributed by atoms with Gasteiger partial charge in [-0.05, 0) is 45.6 Å². The third kappa shape index (κ3) is 6.05. The first kappa shape index (κ1) is 28.1. The Morgan fingerprint density at radius 1 is 1.14 bits per heavy atom. The molecule has 36 heavy (non-hydrogen) atoms. The summed E-state index contributed by atoms with van der Waals surface area (Å²) in [6, 6.07) is 0.193. The van der Waals surface area contributed by atoms with Crippen molar-refractivity contribution in [2.45, 2.75) is 93.2 Å². The van der Waals surface area contributed by atoms with Crippen molar-refractivity contribution in [3.8, 4) is 0 Å². The van der Waals surface area contributed by atoms with Gasteiger partial charge in [-0.3, -0.25) is 19.9 Å². The van der Waals surface area contributed by atoms with Crippen LogP contribution in [0.1, 0.15) is 51.9 Å². The third-order valence-electron chi connectivity index (χ3n) is 9.16. The number of amides is 1. The Hall–Kier alpha value is -0.890. The van der Waals surface area contributed by atoms with Crippen LogP contribution in [0.25, 0.3) is 0 Å². The number of nitrogens with one attached hydrogen (secondary N) is 3. The van der Waals surface area contributed by atoms with Gasteiger partial charge in [0, 0.05) is 51.1 Å². The first-order chi connectivity index (χ1) is 17.0. The largest absolute Gasteiger partial charge is 0.350 e. The molecule has 4 aliphatic rings. The number of hydrogen-bond donors (Lipinski definition) is 5. The van der Waals surface area contributed by atoms with E-state index in [4.69, 9.17) is 11.5 Å². The molecule has 3 aliphatic heterocycles. The minimum Gasteiger partial charge on any atom is -0.350 e. The highest BCUT2D eigenvalue weighted by atomic mass is 32.2. The maximum absolute atomic E-state index is 14.4. The van der Waals surface area contributed by atoms with Crippen LogP contribution < -0.4 is 27.4 Å². The Morgan fingerprint density at radius 3 is 2.42 bits per heavy atom. The van der Waals surface area contributed by atoms with Gasteiger partial charge in [0.15, 0.2) is 9.84 Å². The monoisotopic (exact) mass is 531 g/mol. The van der Waals surface area contributed by atoms with Crippen LogP contribution in [0.3, 0.4) is 0 Å². The van der Waals surface area contributed by atoms with Gasteiger partial charge < -0.3 is 22.1 Å². The summed E-state index contributed by atoms with van der Waals surface area (Å²) in [6.07, 6.45) is 5.29. The first-order valence-corrected chi connectivity index (χ1v) is 15.5. The summed E-state index contributed by atoms with van der Waals surface area (Å²) in [5.41, 5.74) is 12.4. The molecule has 4 fully saturated rings. The number of sulfone groups is 1. The van der Waals surface area contributed by atoms with Crippen molar-refractivity contribution < 1.29 is 17.6 Å². The average molecular weight is 532 g/mol. The van der Waals surface area contributed by atoms with Crippen molar-refractivity contribution in [3.05, 3.63) is 0 Å². The van der Waals surface area contributed by atoms with Crippen LogP contribution in [0, 0.1) is 5.92 Å². The molecular weight excluding hydrogens is 485 g/mol. The van der Waals surface area contributed by atoms with Crippen LogP contribution in [0.5, 0.6) is 0 Å². The molecule has 5 unspecified atom stereocenters. The quantitative estimate of drug-likeness (QED) is 0.264. The summed E-state index contributed by atoms with van der Waals surface area (Å²) in [5.74, 6) is -0.921. The molecular formula is C24H46FN7O3S. The molecule has 0 bridgehead atoms. The number of alkyl halides is 1. The zero-order valence-electron chi connectivity index (χ0n) is 21.8. The van der Waals surface area contributed by atoms with Crippen molar-refractivity contribution in [1.29, 1.82) is 0 Å². The van der Waals surface area contributed by atoms with Gasteiger partial charge in [0.05, 0.1) is 29.0 Å². The fourth-order valence-corrected chi connectivity index (χ4v) is 7.58. The second-order valence-electron chi connectivity index (χ2n) is 11.6. The SMILES string of the molecule is CC1(S(C)(=O)=O)CCN(C2CCNCC2NC(=O)C(C(N)N)C2NCC(F)CN2C2CCCC2)CC1. The zero-order chi connectivity index (χ0) is 26.1. The molecule has 0 aromatic rings. The molecule has 4 rings (SSSR count).